The van der Waals surface area contributed by atoms with Crippen LogP contribution in [0.3, 0.4) is 0 Å². The zero-order chi connectivity index (χ0) is 12.3. The third kappa shape index (κ3) is 2.99. The van der Waals surface area contributed by atoms with Crippen molar-refractivity contribution in [2.24, 2.45) is 0 Å². The van der Waals surface area contributed by atoms with Crippen LogP contribution in [0.2, 0.25) is 5.28 Å². The van der Waals surface area contributed by atoms with Crippen molar-refractivity contribution in [1.82, 2.24) is 24.9 Å². The summed E-state index contributed by atoms with van der Waals surface area (Å²) < 4.78 is 25.9. The predicted octanol–water partition coefficient (Wildman–Crippen LogP) is 0.332. The zero-order valence-corrected chi connectivity index (χ0v) is 10.0. The molecule has 0 unspecified atom stereocenters. The van der Waals surface area contributed by atoms with E-state index >= 15 is 0 Å². The monoisotopic (exact) mass is 273 g/mol. The molecule has 0 aliphatic rings. The Morgan fingerprint density at radius 2 is 2.00 bits per heavy atom. The Hall–Kier alpha value is -1.51. The van der Waals surface area contributed by atoms with Gasteiger partial charge in [-0.1, -0.05) is 0 Å². The molecule has 0 aliphatic carbocycles. The van der Waals surface area contributed by atoms with Crippen LogP contribution < -0.4 is 4.72 Å². The first kappa shape index (κ1) is 12.0. The molecule has 0 aliphatic heterocycles. The third-order valence-electron chi connectivity index (χ3n) is 1.93. The number of sulfonamides is 1. The van der Waals surface area contributed by atoms with Crippen molar-refractivity contribution in [1.29, 1.82) is 0 Å². The molecule has 2 aromatic heterocycles. The molecule has 0 amide bonds. The van der Waals surface area contributed by atoms with Gasteiger partial charge in [-0.05, 0) is 11.6 Å². The summed E-state index contributed by atoms with van der Waals surface area (Å²) in [6.07, 6.45) is 5.42. The fourth-order valence-electron chi connectivity index (χ4n) is 1.08. The zero-order valence-electron chi connectivity index (χ0n) is 8.46. The first-order valence-corrected chi connectivity index (χ1v) is 6.39. The molecule has 0 radical (unpaired) electrons. The van der Waals surface area contributed by atoms with E-state index in [4.69, 9.17) is 11.6 Å². The summed E-state index contributed by atoms with van der Waals surface area (Å²) in [5.74, 6) is 0. The Morgan fingerprint density at radius 1 is 1.29 bits per heavy atom. The van der Waals surface area contributed by atoms with Crippen molar-refractivity contribution in [3.63, 3.8) is 0 Å². The van der Waals surface area contributed by atoms with Crippen LogP contribution in [-0.4, -0.2) is 28.6 Å². The van der Waals surface area contributed by atoms with Crippen LogP contribution in [0.4, 0.5) is 0 Å². The predicted molar refractivity (Wildman–Crippen MR) is 59.7 cm³/mol. The maximum Gasteiger partial charge on any atom is 0.243 e. The quantitative estimate of drug-likeness (QED) is 0.782. The van der Waals surface area contributed by atoms with Crippen molar-refractivity contribution < 1.29 is 8.42 Å². The summed E-state index contributed by atoms with van der Waals surface area (Å²) in [5.41, 5.74) is 0.725. The van der Waals surface area contributed by atoms with Gasteiger partial charge in [0.1, 0.15) is 4.90 Å². The van der Waals surface area contributed by atoms with Crippen LogP contribution in [0.15, 0.2) is 29.7 Å². The molecule has 2 N–H and O–H groups in total. The average molecular weight is 274 g/mol. The van der Waals surface area contributed by atoms with Crippen LogP contribution >= 0.6 is 11.6 Å². The molecule has 0 saturated heterocycles. The molecular formula is C8H8ClN5O2S. The van der Waals surface area contributed by atoms with Gasteiger partial charge in [-0.15, -0.1) is 0 Å². The number of nitrogens with zero attached hydrogens (tertiary/aromatic N) is 3. The van der Waals surface area contributed by atoms with Crippen molar-refractivity contribution >= 4 is 21.6 Å². The molecule has 2 heterocycles. The largest absolute Gasteiger partial charge is 0.285 e. The molecule has 9 heteroatoms. The summed E-state index contributed by atoms with van der Waals surface area (Å²) >= 11 is 5.47. The molecule has 0 atom stereocenters. The van der Waals surface area contributed by atoms with E-state index in [2.05, 4.69) is 24.9 Å². The van der Waals surface area contributed by atoms with E-state index in [0.717, 1.165) is 18.0 Å². The van der Waals surface area contributed by atoms with E-state index < -0.39 is 10.0 Å². The standard InChI is InChI=1S/C8H8ClN5O2S/c9-8-10-4-7(5-11-8)17(15,16)14-3-6-1-12-13-2-6/h1-2,4-5,14H,3H2,(H,12,13). The summed E-state index contributed by atoms with van der Waals surface area (Å²) in [7, 11) is -3.63. The molecule has 2 rings (SSSR count). The van der Waals surface area contributed by atoms with E-state index in [9.17, 15) is 8.42 Å². The fraction of sp³-hybridized carbons (Fsp3) is 0.125. The van der Waals surface area contributed by atoms with E-state index in [0.29, 0.717) is 0 Å². The van der Waals surface area contributed by atoms with Crippen molar-refractivity contribution in [3.8, 4) is 0 Å². The summed E-state index contributed by atoms with van der Waals surface area (Å²) in [5, 5.41) is 6.29. The minimum atomic E-state index is -3.63. The third-order valence-corrected chi connectivity index (χ3v) is 3.48. The van der Waals surface area contributed by atoms with Crippen molar-refractivity contribution in [2.75, 3.05) is 0 Å². The summed E-state index contributed by atoms with van der Waals surface area (Å²) in [6.45, 7) is 0.140. The molecule has 7 nitrogen and oxygen atoms in total. The lowest BCUT2D eigenvalue weighted by Gasteiger charge is -2.04. The smallest absolute Gasteiger partial charge is 0.243 e. The van der Waals surface area contributed by atoms with Gasteiger partial charge in [-0.2, -0.15) is 5.10 Å². The number of nitrogens with one attached hydrogen (secondary N) is 2. The maximum absolute atomic E-state index is 11.8. The highest BCUT2D eigenvalue weighted by atomic mass is 35.5. The Labute approximate surface area is 102 Å². The molecule has 0 fully saturated rings. The molecule has 0 aromatic carbocycles. The Morgan fingerprint density at radius 3 is 2.59 bits per heavy atom. The Balaban J connectivity index is 2.11. The number of rotatable bonds is 4. The Kier molecular flexibility index (Phi) is 3.36. The SMILES string of the molecule is O=S(=O)(NCc1cn[nH]c1)c1cnc(Cl)nc1. The van der Waals surface area contributed by atoms with Gasteiger partial charge in [0.25, 0.3) is 0 Å². The number of hydrogen-bond acceptors (Lipinski definition) is 5. The minimum absolute atomic E-state index is 0.00113. The normalized spacial score (nSPS) is 11.6. The van der Waals surface area contributed by atoms with Gasteiger partial charge in [0.2, 0.25) is 15.3 Å². The van der Waals surface area contributed by atoms with Gasteiger partial charge in [0.15, 0.2) is 0 Å². The number of aromatic amines is 1. The first-order valence-electron chi connectivity index (χ1n) is 4.53. The maximum atomic E-state index is 11.8. The van der Waals surface area contributed by atoms with Gasteiger partial charge in [0, 0.05) is 18.3 Å². The van der Waals surface area contributed by atoms with Gasteiger partial charge < -0.3 is 0 Å². The average Bonchev–Trinajstić information content (AvgIpc) is 2.80. The molecule has 0 bridgehead atoms. The van der Waals surface area contributed by atoms with E-state index in [1.807, 2.05) is 0 Å². The molecule has 0 spiro atoms. The second-order valence-electron chi connectivity index (χ2n) is 3.12. The van der Waals surface area contributed by atoms with Crippen LogP contribution in [0.25, 0.3) is 0 Å². The van der Waals surface area contributed by atoms with Gasteiger partial charge in [-0.25, -0.2) is 23.1 Å². The van der Waals surface area contributed by atoms with Gasteiger partial charge >= 0.3 is 0 Å². The van der Waals surface area contributed by atoms with Gasteiger partial charge in [0.05, 0.1) is 18.6 Å². The highest BCUT2D eigenvalue weighted by Crippen LogP contribution is 2.08. The lowest BCUT2D eigenvalue weighted by atomic mass is 10.4. The van der Waals surface area contributed by atoms with Crippen LogP contribution in [0.1, 0.15) is 5.56 Å². The molecule has 0 saturated carbocycles. The highest BCUT2D eigenvalue weighted by molar-refractivity contribution is 7.89. The second kappa shape index (κ2) is 4.78. The Bertz CT molecular complexity index is 581. The van der Waals surface area contributed by atoms with E-state index in [-0.39, 0.29) is 16.7 Å². The van der Waals surface area contributed by atoms with E-state index in [1.54, 1.807) is 6.20 Å². The van der Waals surface area contributed by atoms with E-state index in [1.165, 1.54) is 6.20 Å². The molecule has 2 aromatic rings. The topological polar surface area (TPSA) is 101 Å². The number of hydrogen-bond donors (Lipinski definition) is 2. The molecule has 17 heavy (non-hydrogen) atoms. The lowest BCUT2D eigenvalue weighted by molar-refractivity contribution is 0.580. The molecule has 90 valence electrons. The van der Waals surface area contributed by atoms with Crippen molar-refractivity contribution in [3.05, 3.63) is 35.6 Å². The summed E-state index contributed by atoms with van der Waals surface area (Å²) in [4.78, 5) is 7.18. The lowest BCUT2D eigenvalue weighted by Crippen LogP contribution is -2.23. The van der Waals surface area contributed by atoms with Crippen LogP contribution in [0.5, 0.6) is 0 Å². The molecular weight excluding hydrogens is 266 g/mol. The van der Waals surface area contributed by atoms with Crippen molar-refractivity contribution in [2.45, 2.75) is 11.4 Å². The second-order valence-corrected chi connectivity index (χ2v) is 5.22. The van der Waals surface area contributed by atoms with Crippen LogP contribution in [-0.2, 0) is 16.6 Å². The number of halogens is 1. The number of H-pyrrole nitrogens is 1. The number of aromatic nitrogens is 4. The summed E-state index contributed by atoms with van der Waals surface area (Å²) in [6, 6.07) is 0. The highest BCUT2D eigenvalue weighted by Gasteiger charge is 2.14. The fourth-order valence-corrected chi connectivity index (χ4v) is 2.08. The first-order chi connectivity index (χ1) is 8.08. The minimum Gasteiger partial charge on any atom is -0.285 e. The van der Waals surface area contributed by atoms with Gasteiger partial charge in [-0.3, -0.25) is 5.10 Å². The van der Waals surface area contributed by atoms with Crippen LogP contribution in [0, 0.1) is 0 Å².